The van der Waals surface area contributed by atoms with Crippen LogP contribution in [0.5, 0.6) is 0 Å². The van der Waals surface area contributed by atoms with Crippen LogP contribution in [-0.4, -0.2) is 50.1 Å². The molecule has 0 amide bonds. The van der Waals surface area contributed by atoms with E-state index in [1.807, 2.05) is 7.05 Å². The van der Waals surface area contributed by atoms with Crippen LogP contribution < -0.4 is 10.6 Å². The molecule has 1 heterocycles. The van der Waals surface area contributed by atoms with Gasteiger partial charge in [-0.05, 0) is 44.7 Å². The summed E-state index contributed by atoms with van der Waals surface area (Å²) in [6.45, 7) is 8.94. The molecule has 136 valence electrons. The van der Waals surface area contributed by atoms with Gasteiger partial charge in [0.15, 0.2) is 5.96 Å². The second-order valence-corrected chi connectivity index (χ2v) is 6.50. The zero-order valence-electron chi connectivity index (χ0n) is 15.3. The van der Waals surface area contributed by atoms with Crippen LogP contribution in [0.4, 0.5) is 0 Å². The largest absolute Gasteiger partial charge is 0.356 e. The normalized spacial score (nSPS) is 16.5. The molecule has 2 N–H and O–H groups in total. The maximum Gasteiger partial charge on any atom is 0.191 e. The van der Waals surface area contributed by atoms with Crippen LogP contribution in [-0.2, 0) is 6.42 Å². The van der Waals surface area contributed by atoms with Crippen LogP contribution in [0.1, 0.15) is 37.3 Å². The van der Waals surface area contributed by atoms with E-state index < -0.39 is 0 Å². The van der Waals surface area contributed by atoms with Crippen molar-refractivity contribution in [1.82, 2.24) is 15.5 Å². The average Bonchev–Trinajstić information content (AvgIpc) is 2.56. The lowest BCUT2D eigenvalue weighted by Crippen LogP contribution is -2.49. The quantitative estimate of drug-likeness (QED) is 0.402. The van der Waals surface area contributed by atoms with Gasteiger partial charge in [0.05, 0.1) is 0 Å². The van der Waals surface area contributed by atoms with Crippen LogP contribution in [0.2, 0.25) is 0 Å². The number of benzene rings is 1. The highest BCUT2D eigenvalue weighted by atomic mass is 127. The van der Waals surface area contributed by atoms with Crippen molar-refractivity contribution >= 4 is 29.9 Å². The summed E-state index contributed by atoms with van der Waals surface area (Å²) in [4.78, 5) is 6.93. The van der Waals surface area contributed by atoms with Gasteiger partial charge in [0, 0.05) is 32.7 Å². The first-order chi connectivity index (χ1) is 11.2. The van der Waals surface area contributed by atoms with Crippen LogP contribution in [0.25, 0.3) is 0 Å². The minimum absolute atomic E-state index is 0. The second-order valence-electron chi connectivity index (χ2n) is 6.50. The number of guanidine groups is 1. The number of halogens is 1. The number of likely N-dealkylation sites (tertiary alicyclic amines) is 1. The number of piperidine rings is 1. The predicted molar refractivity (Wildman–Crippen MR) is 115 cm³/mol. The first-order valence-electron chi connectivity index (χ1n) is 8.96. The number of nitrogens with one attached hydrogen (secondary N) is 2. The Kier molecular flexibility index (Phi) is 10.3. The van der Waals surface area contributed by atoms with Gasteiger partial charge in [-0.3, -0.25) is 4.99 Å². The number of nitrogens with zero attached hydrogens (tertiary/aromatic N) is 2. The molecule has 0 spiro atoms. The Bertz CT molecular complexity index is 496. The minimum atomic E-state index is 0. The lowest BCUT2D eigenvalue weighted by molar-refractivity contribution is 0.206. The Balaban J connectivity index is 0.00000288. The molecular weight excluding hydrogens is 411 g/mol. The highest BCUT2D eigenvalue weighted by molar-refractivity contribution is 14.0. The molecule has 24 heavy (non-hydrogen) atoms. The van der Waals surface area contributed by atoms with Crippen molar-refractivity contribution in [2.24, 2.45) is 4.99 Å². The minimum Gasteiger partial charge on any atom is -0.356 e. The van der Waals surface area contributed by atoms with Crippen molar-refractivity contribution in [3.63, 3.8) is 0 Å². The molecule has 4 nitrogen and oxygen atoms in total. The van der Waals surface area contributed by atoms with Crippen molar-refractivity contribution in [2.45, 2.75) is 45.6 Å². The Hall–Kier alpha value is -0.820. The van der Waals surface area contributed by atoms with Crippen molar-refractivity contribution in [1.29, 1.82) is 0 Å². The highest BCUT2D eigenvalue weighted by Gasteiger charge is 2.19. The lowest BCUT2D eigenvalue weighted by Gasteiger charge is -2.32. The molecule has 0 unspecified atom stereocenters. The van der Waals surface area contributed by atoms with Gasteiger partial charge in [0.25, 0.3) is 0 Å². The maximum atomic E-state index is 4.37. The third kappa shape index (κ3) is 7.38. The van der Waals surface area contributed by atoms with Gasteiger partial charge >= 0.3 is 0 Å². The summed E-state index contributed by atoms with van der Waals surface area (Å²) >= 11 is 0. The highest BCUT2D eigenvalue weighted by Crippen LogP contribution is 2.10. The van der Waals surface area contributed by atoms with E-state index in [2.05, 4.69) is 58.6 Å². The standard InChI is InChI=1S/C19H32N4.HI/c1-4-12-23-13-9-18(10-14-23)22-19(20-3)21-11-8-17-7-5-6-16(2)15-17;/h5-7,15,18H,4,8-14H2,1-3H3,(H2,20,21,22);1H. The summed E-state index contributed by atoms with van der Waals surface area (Å²) in [5.74, 6) is 0.937. The van der Waals surface area contributed by atoms with Crippen LogP contribution in [0, 0.1) is 6.92 Å². The van der Waals surface area contributed by atoms with Gasteiger partial charge in [-0.1, -0.05) is 36.8 Å². The van der Waals surface area contributed by atoms with Crippen molar-refractivity contribution < 1.29 is 0 Å². The number of aliphatic imine (C=N–C) groups is 1. The van der Waals surface area contributed by atoms with E-state index in [1.54, 1.807) is 0 Å². The fraction of sp³-hybridized carbons (Fsp3) is 0.632. The summed E-state index contributed by atoms with van der Waals surface area (Å²) < 4.78 is 0. The summed E-state index contributed by atoms with van der Waals surface area (Å²) in [5.41, 5.74) is 2.70. The number of rotatable bonds is 6. The van der Waals surface area contributed by atoms with Crippen LogP contribution in [0.3, 0.4) is 0 Å². The van der Waals surface area contributed by atoms with Crippen LogP contribution >= 0.6 is 24.0 Å². The smallest absolute Gasteiger partial charge is 0.191 e. The molecule has 0 aliphatic carbocycles. The van der Waals surface area contributed by atoms with Gasteiger partial charge in [0.1, 0.15) is 0 Å². The molecule has 1 fully saturated rings. The zero-order valence-corrected chi connectivity index (χ0v) is 17.7. The van der Waals surface area contributed by atoms with E-state index in [9.17, 15) is 0 Å². The summed E-state index contributed by atoms with van der Waals surface area (Å²) in [5, 5.41) is 7.02. The van der Waals surface area contributed by atoms with E-state index in [4.69, 9.17) is 0 Å². The molecule has 1 saturated heterocycles. The van der Waals surface area contributed by atoms with Crippen LogP contribution in [0.15, 0.2) is 29.3 Å². The topological polar surface area (TPSA) is 39.7 Å². The SMILES string of the molecule is CCCN1CCC(NC(=NC)NCCc2cccc(C)c2)CC1.I. The Morgan fingerprint density at radius 3 is 2.67 bits per heavy atom. The molecule has 1 aliphatic heterocycles. The van der Waals surface area contributed by atoms with Gasteiger partial charge in [-0.25, -0.2) is 0 Å². The molecule has 0 atom stereocenters. The van der Waals surface area contributed by atoms with E-state index in [0.717, 1.165) is 18.9 Å². The molecule has 1 aromatic rings. The zero-order chi connectivity index (χ0) is 16.5. The van der Waals surface area contributed by atoms with Crippen molar-refractivity contribution in [3.05, 3.63) is 35.4 Å². The van der Waals surface area contributed by atoms with E-state index in [-0.39, 0.29) is 24.0 Å². The molecule has 0 bridgehead atoms. The number of aryl methyl sites for hydroxylation is 1. The molecule has 0 aromatic heterocycles. The third-order valence-corrected chi connectivity index (χ3v) is 4.48. The average molecular weight is 444 g/mol. The Morgan fingerprint density at radius 1 is 1.29 bits per heavy atom. The van der Waals surface area contributed by atoms with Crippen molar-refractivity contribution in [3.8, 4) is 0 Å². The van der Waals surface area contributed by atoms with E-state index >= 15 is 0 Å². The maximum absolute atomic E-state index is 4.37. The van der Waals surface area contributed by atoms with Gasteiger partial charge in [-0.15, -0.1) is 24.0 Å². The lowest BCUT2D eigenvalue weighted by atomic mass is 10.1. The van der Waals surface area contributed by atoms with Gasteiger partial charge < -0.3 is 15.5 Å². The van der Waals surface area contributed by atoms with Gasteiger partial charge in [0.2, 0.25) is 0 Å². The molecule has 1 aliphatic rings. The number of hydrogen-bond donors (Lipinski definition) is 2. The molecule has 5 heteroatoms. The summed E-state index contributed by atoms with van der Waals surface area (Å²) in [6, 6.07) is 9.26. The second kappa shape index (κ2) is 11.7. The fourth-order valence-electron chi connectivity index (χ4n) is 3.20. The van der Waals surface area contributed by atoms with E-state index in [1.165, 1.54) is 50.0 Å². The van der Waals surface area contributed by atoms with Crippen molar-refractivity contribution in [2.75, 3.05) is 33.2 Å². The van der Waals surface area contributed by atoms with Gasteiger partial charge in [-0.2, -0.15) is 0 Å². The first-order valence-corrected chi connectivity index (χ1v) is 8.96. The predicted octanol–water partition coefficient (Wildman–Crippen LogP) is 3.19. The third-order valence-electron chi connectivity index (χ3n) is 4.48. The molecule has 0 saturated carbocycles. The Labute approximate surface area is 164 Å². The molecule has 1 aromatic carbocycles. The first kappa shape index (κ1) is 21.2. The fourth-order valence-corrected chi connectivity index (χ4v) is 3.20. The molecule has 2 rings (SSSR count). The number of hydrogen-bond acceptors (Lipinski definition) is 2. The van der Waals surface area contributed by atoms with E-state index in [0.29, 0.717) is 6.04 Å². The molecule has 0 radical (unpaired) electrons. The monoisotopic (exact) mass is 444 g/mol. The Morgan fingerprint density at radius 2 is 2.04 bits per heavy atom. The molecular formula is C19H33IN4. The summed E-state index contributed by atoms with van der Waals surface area (Å²) in [6.07, 6.45) is 4.69. The summed E-state index contributed by atoms with van der Waals surface area (Å²) in [7, 11) is 1.86.